The number of hydrogen-bond donors (Lipinski definition) is 4. The van der Waals surface area contributed by atoms with E-state index in [-0.39, 0.29) is 48.3 Å². The third-order valence-electron chi connectivity index (χ3n) is 6.43. The summed E-state index contributed by atoms with van der Waals surface area (Å²) in [5, 5.41) is 15.7. The number of halogens is 4. The number of aliphatic carboxylic acids is 1. The van der Waals surface area contributed by atoms with Crippen molar-refractivity contribution in [2.75, 3.05) is 11.9 Å². The molecule has 0 spiro atoms. The third-order valence-corrected chi connectivity index (χ3v) is 6.43. The first-order valence-electron chi connectivity index (χ1n) is 12.0. The molecule has 1 saturated heterocycles. The Bertz CT molecular complexity index is 1470. The fourth-order valence-corrected chi connectivity index (χ4v) is 4.28. The van der Waals surface area contributed by atoms with Crippen LogP contribution >= 0.6 is 0 Å². The minimum Gasteiger partial charge on any atom is -0.486 e. The van der Waals surface area contributed by atoms with Crippen LogP contribution < -0.4 is 20.7 Å². The summed E-state index contributed by atoms with van der Waals surface area (Å²) in [6.45, 7) is 1.96. The molecule has 0 bridgehead atoms. The number of alkyl halides is 3. The molecule has 1 fully saturated rings. The van der Waals surface area contributed by atoms with E-state index < -0.39 is 71.3 Å². The highest BCUT2D eigenvalue weighted by Gasteiger charge is 2.40. The number of ether oxygens (including phenoxy) is 1. The number of rotatable bonds is 8. The number of carboxylic acid groups (broad SMARTS) is 1. The van der Waals surface area contributed by atoms with Crippen molar-refractivity contribution in [1.82, 2.24) is 15.5 Å². The van der Waals surface area contributed by atoms with Gasteiger partial charge in [-0.25, -0.2) is 14.0 Å². The Labute approximate surface area is 229 Å². The Balaban J connectivity index is 1.44. The predicted octanol–water partition coefficient (Wildman–Crippen LogP) is 2.95. The largest absolute Gasteiger partial charge is 0.486 e. The standard InChI is InChI=1S/C26H22F4N4O7/c1-12(24(38)39)11-41-19-8-14(26(28,29)30)3-5-17(19)32-25(40)31-9-13-2-4-15-16(21(13)27)10-34(23(15)37)18-6-7-20(35)33-22(18)36/h2-5,8,18H,1,6-7,9-11H2,(H,38,39)(H2,31,32,40)(H,33,35,36). The number of nitrogens with zero attached hydrogens (tertiary/aromatic N) is 1. The van der Waals surface area contributed by atoms with E-state index in [0.29, 0.717) is 12.1 Å². The molecule has 0 aromatic heterocycles. The SMILES string of the molecule is C=C(COc1cc(C(F)(F)F)ccc1NC(=O)NCc1ccc2c(c1F)CN(C1CCC(=O)NC1=O)C2=O)C(=O)O. The molecule has 1 atom stereocenters. The van der Waals surface area contributed by atoms with E-state index in [1.54, 1.807) is 0 Å². The average Bonchev–Trinajstić information content (AvgIpc) is 3.23. The molecule has 2 aromatic rings. The maximum Gasteiger partial charge on any atom is 0.416 e. The molecule has 15 heteroatoms. The van der Waals surface area contributed by atoms with E-state index in [9.17, 15) is 37.1 Å². The van der Waals surface area contributed by atoms with E-state index in [0.717, 1.165) is 6.07 Å². The maximum absolute atomic E-state index is 15.3. The molecule has 0 saturated carbocycles. The zero-order valence-corrected chi connectivity index (χ0v) is 21.1. The van der Waals surface area contributed by atoms with Gasteiger partial charge in [-0.2, -0.15) is 13.2 Å². The number of carbonyl (C=O) groups excluding carboxylic acids is 4. The number of urea groups is 1. The quantitative estimate of drug-likeness (QED) is 0.213. The second kappa shape index (κ2) is 11.3. The van der Waals surface area contributed by atoms with Gasteiger partial charge in [-0.1, -0.05) is 12.6 Å². The number of hydrogen-bond acceptors (Lipinski definition) is 6. The molecule has 11 nitrogen and oxygen atoms in total. The lowest BCUT2D eigenvalue weighted by Crippen LogP contribution is -2.52. The van der Waals surface area contributed by atoms with E-state index in [2.05, 4.69) is 22.5 Å². The van der Waals surface area contributed by atoms with Gasteiger partial charge in [0.1, 0.15) is 24.2 Å². The van der Waals surface area contributed by atoms with Crippen LogP contribution in [0.15, 0.2) is 42.5 Å². The molecular formula is C26H22F4N4O7. The van der Waals surface area contributed by atoms with Crippen LogP contribution in [0, 0.1) is 5.82 Å². The summed E-state index contributed by atoms with van der Waals surface area (Å²) in [7, 11) is 0. The van der Waals surface area contributed by atoms with Gasteiger partial charge in [-0.05, 0) is 30.7 Å². The molecule has 4 rings (SSSR count). The summed E-state index contributed by atoms with van der Waals surface area (Å²) in [5.74, 6) is -4.40. The van der Waals surface area contributed by atoms with Crippen molar-refractivity contribution < 1.29 is 51.4 Å². The summed E-state index contributed by atoms with van der Waals surface area (Å²) in [6.07, 6.45) is -4.62. The van der Waals surface area contributed by atoms with Gasteiger partial charge in [-0.15, -0.1) is 0 Å². The Morgan fingerprint density at radius 1 is 1.17 bits per heavy atom. The number of carbonyl (C=O) groups is 5. The first kappa shape index (κ1) is 29.0. The van der Waals surface area contributed by atoms with E-state index >= 15 is 4.39 Å². The highest BCUT2D eigenvalue weighted by atomic mass is 19.4. The molecule has 1 unspecified atom stereocenters. The number of benzene rings is 2. The minimum absolute atomic E-state index is 0.0106. The zero-order valence-electron chi connectivity index (χ0n) is 21.1. The summed E-state index contributed by atoms with van der Waals surface area (Å²) in [5.41, 5.74) is -1.75. The zero-order chi connectivity index (χ0) is 30.1. The van der Waals surface area contributed by atoms with Crippen LogP contribution in [0.4, 0.5) is 28.0 Å². The minimum atomic E-state index is -4.75. The molecule has 41 heavy (non-hydrogen) atoms. The van der Waals surface area contributed by atoms with E-state index in [4.69, 9.17) is 9.84 Å². The van der Waals surface area contributed by atoms with Crippen molar-refractivity contribution in [3.63, 3.8) is 0 Å². The van der Waals surface area contributed by atoms with Gasteiger partial charge in [-0.3, -0.25) is 19.7 Å². The van der Waals surface area contributed by atoms with Crippen LogP contribution in [0.25, 0.3) is 0 Å². The lowest BCUT2D eigenvalue weighted by Gasteiger charge is -2.29. The Morgan fingerprint density at radius 3 is 2.56 bits per heavy atom. The number of fused-ring (bicyclic) bond motifs is 1. The highest BCUT2D eigenvalue weighted by Crippen LogP contribution is 2.35. The monoisotopic (exact) mass is 578 g/mol. The molecule has 2 aliphatic rings. The van der Waals surface area contributed by atoms with Crippen molar-refractivity contribution in [2.24, 2.45) is 0 Å². The Kier molecular flexibility index (Phi) is 7.98. The molecule has 0 radical (unpaired) electrons. The number of anilines is 1. The van der Waals surface area contributed by atoms with Crippen LogP contribution in [-0.2, 0) is 33.6 Å². The molecule has 2 heterocycles. The summed E-state index contributed by atoms with van der Waals surface area (Å²) < 4.78 is 59.9. The number of carboxylic acids is 1. The normalized spacial score (nSPS) is 16.6. The predicted molar refractivity (Wildman–Crippen MR) is 132 cm³/mol. The van der Waals surface area contributed by atoms with Gasteiger partial charge < -0.3 is 25.4 Å². The maximum atomic E-state index is 15.3. The first-order chi connectivity index (χ1) is 19.3. The third kappa shape index (κ3) is 6.28. The second-order valence-electron chi connectivity index (χ2n) is 9.18. The van der Waals surface area contributed by atoms with Crippen molar-refractivity contribution in [1.29, 1.82) is 0 Å². The van der Waals surface area contributed by atoms with Crippen molar-refractivity contribution in [3.8, 4) is 5.75 Å². The summed E-state index contributed by atoms with van der Waals surface area (Å²) >= 11 is 0. The van der Waals surface area contributed by atoms with Gasteiger partial charge >= 0.3 is 18.2 Å². The Morgan fingerprint density at radius 2 is 1.90 bits per heavy atom. The van der Waals surface area contributed by atoms with Gasteiger partial charge in [0, 0.05) is 29.7 Å². The van der Waals surface area contributed by atoms with Crippen molar-refractivity contribution >= 4 is 35.4 Å². The number of imide groups is 1. The highest BCUT2D eigenvalue weighted by molar-refractivity contribution is 6.05. The van der Waals surface area contributed by atoms with Gasteiger partial charge in [0.2, 0.25) is 11.8 Å². The van der Waals surface area contributed by atoms with Crippen molar-refractivity contribution in [2.45, 2.75) is 38.1 Å². The molecule has 4 N–H and O–H groups in total. The number of piperidine rings is 1. The van der Waals surface area contributed by atoms with E-state index in [1.807, 2.05) is 0 Å². The van der Waals surface area contributed by atoms with Crippen LogP contribution in [0.3, 0.4) is 0 Å². The second-order valence-corrected chi connectivity index (χ2v) is 9.18. The fourth-order valence-electron chi connectivity index (χ4n) is 4.28. The lowest BCUT2D eigenvalue weighted by atomic mass is 10.0. The molecule has 5 amide bonds. The lowest BCUT2D eigenvalue weighted by molar-refractivity contribution is -0.138. The fraction of sp³-hybridized carbons (Fsp3) is 0.269. The number of amides is 5. The van der Waals surface area contributed by atoms with Crippen LogP contribution in [0.5, 0.6) is 5.75 Å². The van der Waals surface area contributed by atoms with Crippen LogP contribution in [0.2, 0.25) is 0 Å². The van der Waals surface area contributed by atoms with Crippen LogP contribution in [0.1, 0.15) is 39.9 Å². The van der Waals surface area contributed by atoms with Gasteiger partial charge in [0.25, 0.3) is 5.91 Å². The number of nitrogens with one attached hydrogen (secondary N) is 3. The molecular weight excluding hydrogens is 556 g/mol. The van der Waals surface area contributed by atoms with Crippen molar-refractivity contribution in [3.05, 3.63) is 70.6 Å². The average molecular weight is 578 g/mol. The smallest absolute Gasteiger partial charge is 0.416 e. The topological polar surface area (TPSA) is 154 Å². The molecule has 216 valence electrons. The Hall–Kier alpha value is -4.95. The van der Waals surface area contributed by atoms with Crippen LogP contribution in [-0.4, -0.2) is 52.4 Å². The first-order valence-corrected chi connectivity index (χ1v) is 12.0. The van der Waals surface area contributed by atoms with Gasteiger partial charge in [0.15, 0.2) is 0 Å². The summed E-state index contributed by atoms with van der Waals surface area (Å²) in [6, 6.07) is 2.89. The molecule has 2 aromatic carbocycles. The van der Waals surface area contributed by atoms with Gasteiger partial charge in [0.05, 0.1) is 23.4 Å². The van der Waals surface area contributed by atoms with E-state index in [1.165, 1.54) is 17.0 Å². The summed E-state index contributed by atoms with van der Waals surface area (Å²) in [4.78, 5) is 61.1. The molecule has 0 aliphatic carbocycles. The molecule has 2 aliphatic heterocycles.